The van der Waals surface area contributed by atoms with Gasteiger partial charge in [0.15, 0.2) is 5.82 Å². The maximum absolute atomic E-state index is 9.21. The van der Waals surface area contributed by atoms with Gasteiger partial charge in [-0.15, -0.1) is 0 Å². The van der Waals surface area contributed by atoms with Gasteiger partial charge in [-0.05, 0) is 24.4 Å². The van der Waals surface area contributed by atoms with Crippen molar-refractivity contribution in [2.24, 2.45) is 5.92 Å². The molecule has 6 heteroatoms. The number of rotatable bonds is 4. The minimum absolute atomic E-state index is 0.0117. The molecule has 1 aromatic heterocycles. The highest BCUT2D eigenvalue weighted by Gasteiger charge is 2.15. The van der Waals surface area contributed by atoms with Crippen molar-refractivity contribution in [2.45, 2.75) is 26.8 Å². The average Bonchev–Trinajstić information content (AvgIpc) is 2.20. The van der Waals surface area contributed by atoms with Crippen LogP contribution in [0.4, 0.5) is 11.5 Å². The van der Waals surface area contributed by atoms with Crippen LogP contribution in [0.15, 0.2) is 0 Å². The zero-order chi connectivity index (χ0) is 12.3. The largest absolute Gasteiger partial charge is 0.394 e. The first-order valence-corrected chi connectivity index (χ1v) is 5.50. The lowest BCUT2D eigenvalue weighted by Gasteiger charge is -2.21. The van der Waals surface area contributed by atoms with Crippen molar-refractivity contribution in [1.29, 1.82) is 0 Å². The summed E-state index contributed by atoms with van der Waals surface area (Å²) in [6.07, 6.45) is 0. The molecule has 90 valence electrons. The third-order valence-electron chi connectivity index (χ3n) is 2.43. The molecule has 5 nitrogen and oxygen atoms in total. The van der Waals surface area contributed by atoms with Crippen molar-refractivity contribution in [3.05, 3.63) is 11.0 Å². The second-order valence-electron chi connectivity index (χ2n) is 4.02. The van der Waals surface area contributed by atoms with Gasteiger partial charge < -0.3 is 16.2 Å². The van der Waals surface area contributed by atoms with E-state index < -0.39 is 0 Å². The van der Waals surface area contributed by atoms with Crippen molar-refractivity contribution >= 4 is 23.1 Å². The van der Waals surface area contributed by atoms with E-state index in [1.807, 2.05) is 13.8 Å². The topological polar surface area (TPSA) is 84.1 Å². The first-order valence-electron chi connectivity index (χ1n) is 5.12. The lowest BCUT2D eigenvalue weighted by molar-refractivity contribution is 0.249. The number of nitrogens with two attached hydrogens (primary N) is 1. The van der Waals surface area contributed by atoms with Gasteiger partial charge in [0.2, 0.25) is 5.28 Å². The lowest BCUT2D eigenvalue weighted by atomic mass is 10.1. The smallest absolute Gasteiger partial charge is 0.224 e. The second kappa shape index (κ2) is 5.32. The average molecular weight is 245 g/mol. The number of aryl methyl sites for hydroxylation is 1. The summed E-state index contributed by atoms with van der Waals surface area (Å²) in [7, 11) is 0. The number of aliphatic hydroxyl groups is 1. The predicted octanol–water partition coefficient (Wildman–Crippen LogP) is 1.45. The van der Waals surface area contributed by atoms with Gasteiger partial charge in [-0.3, -0.25) is 0 Å². The van der Waals surface area contributed by atoms with Gasteiger partial charge in [-0.2, -0.15) is 4.98 Å². The molecule has 4 N–H and O–H groups in total. The quantitative estimate of drug-likeness (QED) is 0.699. The molecule has 0 fully saturated rings. The predicted molar refractivity (Wildman–Crippen MR) is 65.5 cm³/mol. The van der Waals surface area contributed by atoms with Crippen molar-refractivity contribution in [1.82, 2.24) is 9.97 Å². The van der Waals surface area contributed by atoms with Crippen molar-refractivity contribution in [2.75, 3.05) is 17.7 Å². The third-order valence-corrected chi connectivity index (χ3v) is 2.60. The Labute approximate surface area is 100 Å². The normalized spacial score (nSPS) is 12.9. The molecule has 1 heterocycles. The minimum atomic E-state index is -0.104. The molecule has 0 aliphatic rings. The van der Waals surface area contributed by atoms with Crippen LogP contribution < -0.4 is 11.1 Å². The zero-order valence-corrected chi connectivity index (χ0v) is 10.4. The molecule has 0 radical (unpaired) electrons. The van der Waals surface area contributed by atoms with E-state index in [0.29, 0.717) is 17.2 Å². The van der Waals surface area contributed by atoms with Crippen LogP contribution in [0.2, 0.25) is 5.28 Å². The molecule has 0 aromatic carbocycles. The van der Waals surface area contributed by atoms with Gasteiger partial charge in [0.25, 0.3) is 0 Å². The van der Waals surface area contributed by atoms with E-state index in [2.05, 4.69) is 15.3 Å². The Bertz CT molecular complexity index is 370. The number of hydrogen-bond donors (Lipinski definition) is 3. The number of nitrogen functional groups attached to an aromatic ring is 1. The van der Waals surface area contributed by atoms with E-state index in [1.54, 1.807) is 6.92 Å². The summed E-state index contributed by atoms with van der Waals surface area (Å²) in [4.78, 5) is 7.95. The first kappa shape index (κ1) is 13.0. The molecule has 0 aliphatic heterocycles. The Balaban J connectivity index is 2.96. The Morgan fingerprint density at radius 1 is 1.44 bits per heavy atom. The van der Waals surface area contributed by atoms with Crippen LogP contribution in [-0.2, 0) is 0 Å². The molecule has 0 aliphatic carbocycles. The van der Waals surface area contributed by atoms with Crippen LogP contribution in [-0.4, -0.2) is 27.7 Å². The summed E-state index contributed by atoms with van der Waals surface area (Å²) in [5, 5.41) is 12.4. The third kappa shape index (κ3) is 2.96. The number of hydrogen-bond acceptors (Lipinski definition) is 5. The molecule has 0 saturated carbocycles. The minimum Gasteiger partial charge on any atom is -0.394 e. The first-order chi connectivity index (χ1) is 7.45. The van der Waals surface area contributed by atoms with Crippen LogP contribution in [0, 0.1) is 12.8 Å². The summed E-state index contributed by atoms with van der Waals surface area (Å²) >= 11 is 5.75. The van der Waals surface area contributed by atoms with Crippen molar-refractivity contribution < 1.29 is 5.11 Å². The highest BCUT2D eigenvalue weighted by molar-refractivity contribution is 6.28. The fraction of sp³-hybridized carbons (Fsp3) is 0.600. The standard InChI is InChI=1S/C10H17ClN4O/c1-5(2)7(4-16)14-9-8(12)6(3)13-10(11)15-9/h5,7,16H,4,12H2,1-3H3,(H,13,14,15). The van der Waals surface area contributed by atoms with E-state index in [9.17, 15) is 5.11 Å². The zero-order valence-electron chi connectivity index (χ0n) is 9.66. The fourth-order valence-corrected chi connectivity index (χ4v) is 1.47. The number of anilines is 2. The maximum atomic E-state index is 9.21. The number of halogens is 1. The Hall–Kier alpha value is -1.07. The van der Waals surface area contributed by atoms with Gasteiger partial charge in [-0.1, -0.05) is 13.8 Å². The van der Waals surface area contributed by atoms with Gasteiger partial charge in [0.05, 0.1) is 24.0 Å². The molecule has 0 spiro atoms. The number of aliphatic hydroxyl groups excluding tert-OH is 1. The van der Waals surface area contributed by atoms with Gasteiger partial charge >= 0.3 is 0 Å². The van der Waals surface area contributed by atoms with Crippen LogP contribution >= 0.6 is 11.6 Å². The number of aromatic nitrogens is 2. The van der Waals surface area contributed by atoms with E-state index in [0.717, 1.165) is 0 Å². The molecular formula is C10H17ClN4O. The summed E-state index contributed by atoms with van der Waals surface area (Å²) in [6.45, 7) is 5.77. The van der Waals surface area contributed by atoms with Gasteiger partial charge in [-0.25, -0.2) is 4.98 Å². The fourth-order valence-electron chi connectivity index (χ4n) is 1.26. The number of nitrogens with one attached hydrogen (secondary N) is 1. The lowest BCUT2D eigenvalue weighted by Crippen LogP contribution is -2.30. The van der Waals surface area contributed by atoms with E-state index in [4.69, 9.17) is 17.3 Å². The summed E-state index contributed by atoms with van der Waals surface area (Å²) in [5.74, 6) is 0.740. The Morgan fingerprint density at radius 3 is 2.56 bits per heavy atom. The van der Waals surface area contributed by atoms with Crippen molar-refractivity contribution in [3.63, 3.8) is 0 Å². The highest BCUT2D eigenvalue weighted by Crippen LogP contribution is 2.22. The molecule has 0 bridgehead atoms. The van der Waals surface area contributed by atoms with E-state index in [1.165, 1.54) is 0 Å². The highest BCUT2D eigenvalue weighted by atomic mass is 35.5. The SMILES string of the molecule is Cc1nc(Cl)nc(NC(CO)C(C)C)c1N. The summed E-state index contributed by atoms with van der Waals surface area (Å²) in [5.41, 5.74) is 6.92. The molecule has 1 unspecified atom stereocenters. The Kier molecular flexibility index (Phi) is 4.32. The number of nitrogens with zero attached hydrogens (tertiary/aromatic N) is 2. The second-order valence-corrected chi connectivity index (χ2v) is 4.36. The van der Waals surface area contributed by atoms with Crippen molar-refractivity contribution in [3.8, 4) is 0 Å². The van der Waals surface area contributed by atoms with E-state index in [-0.39, 0.29) is 23.9 Å². The molecule has 0 saturated heterocycles. The monoisotopic (exact) mass is 244 g/mol. The van der Waals surface area contributed by atoms with Crippen LogP contribution in [0.1, 0.15) is 19.5 Å². The molecule has 1 atom stereocenters. The molecule has 16 heavy (non-hydrogen) atoms. The van der Waals surface area contributed by atoms with Crippen LogP contribution in [0.25, 0.3) is 0 Å². The molecule has 0 amide bonds. The molecule has 1 rings (SSSR count). The molecule has 1 aromatic rings. The Morgan fingerprint density at radius 2 is 2.06 bits per heavy atom. The van der Waals surface area contributed by atoms with E-state index >= 15 is 0 Å². The summed E-state index contributed by atoms with van der Waals surface area (Å²) in [6, 6.07) is -0.104. The van der Waals surface area contributed by atoms with Crippen LogP contribution in [0.5, 0.6) is 0 Å². The summed E-state index contributed by atoms with van der Waals surface area (Å²) < 4.78 is 0. The van der Waals surface area contributed by atoms with Gasteiger partial charge in [0, 0.05) is 0 Å². The maximum Gasteiger partial charge on any atom is 0.224 e. The van der Waals surface area contributed by atoms with Gasteiger partial charge in [0.1, 0.15) is 0 Å². The van der Waals surface area contributed by atoms with Crippen LogP contribution in [0.3, 0.4) is 0 Å². The molecular weight excluding hydrogens is 228 g/mol.